The van der Waals surface area contributed by atoms with E-state index in [1.54, 1.807) is 7.11 Å². The van der Waals surface area contributed by atoms with Crippen LogP contribution in [0.25, 0.3) is 0 Å². The van der Waals surface area contributed by atoms with E-state index in [9.17, 15) is 10.2 Å². The zero-order chi connectivity index (χ0) is 15.8. The molecule has 5 nitrogen and oxygen atoms in total. The first-order valence-electron chi connectivity index (χ1n) is 8.07. The van der Waals surface area contributed by atoms with E-state index in [2.05, 4.69) is 5.32 Å². The van der Waals surface area contributed by atoms with Crippen LogP contribution in [0.15, 0.2) is 24.3 Å². The van der Waals surface area contributed by atoms with Crippen LogP contribution in [-0.2, 0) is 11.3 Å². The monoisotopic (exact) mass is 310 g/mol. The van der Waals surface area contributed by atoms with E-state index >= 15 is 0 Å². The van der Waals surface area contributed by atoms with Crippen LogP contribution in [0, 0.1) is 0 Å². The maximum atomic E-state index is 9.97. The zero-order valence-corrected chi connectivity index (χ0v) is 13.3. The Morgan fingerprint density at radius 1 is 1.18 bits per heavy atom. The number of hydrogen-bond acceptors (Lipinski definition) is 4. The second kappa shape index (κ2) is 9.10. The molecule has 0 spiro atoms. The van der Waals surface area contributed by atoms with E-state index in [0.717, 1.165) is 37.0 Å². The molecule has 5 heteroatoms. The first kappa shape index (κ1) is 17.2. The third-order valence-electron chi connectivity index (χ3n) is 4.22. The molecule has 124 valence electrons. The summed E-state index contributed by atoms with van der Waals surface area (Å²) in [7, 11) is 1.64. The highest BCUT2D eigenvalue weighted by atomic mass is 16.5. The minimum Gasteiger partial charge on any atom is -0.497 e. The van der Waals surface area contributed by atoms with Crippen LogP contribution in [0.5, 0.6) is 5.75 Å². The molecule has 1 atom stereocenters. The van der Waals surface area contributed by atoms with E-state index < -0.39 is 6.10 Å². The van der Waals surface area contributed by atoms with Gasteiger partial charge in [0.05, 0.1) is 32.5 Å². The van der Waals surface area contributed by atoms with E-state index in [0.29, 0.717) is 25.8 Å². The van der Waals surface area contributed by atoms with Gasteiger partial charge in [0, 0.05) is 12.8 Å². The summed E-state index contributed by atoms with van der Waals surface area (Å²) in [4.78, 5) is 0. The van der Waals surface area contributed by atoms with Crippen molar-refractivity contribution in [3.63, 3.8) is 0 Å². The zero-order valence-electron chi connectivity index (χ0n) is 13.3. The summed E-state index contributed by atoms with van der Waals surface area (Å²) in [6.45, 7) is 1.50. The minimum atomic E-state index is -0.454. The Morgan fingerprint density at radius 2 is 1.86 bits per heavy atom. The Kier molecular flexibility index (Phi) is 7.12. The quantitative estimate of drug-likeness (QED) is 0.651. The first-order chi connectivity index (χ1) is 10.7. The molecule has 0 saturated heterocycles. The van der Waals surface area contributed by atoms with Crippen LogP contribution < -0.4 is 10.1 Å². The Hall–Kier alpha value is -1.14. The van der Waals surface area contributed by atoms with Crippen LogP contribution >= 0.6 is 0 Å². The van der Waals surface area contributed by atoms with Crippen LogP contribution in [0.2, 0.25) is 0 Å². The number of quaternary nitrogens is 1. The number of hydrogen-bond donors (Lipinski definition) is 3. The Morgan fingerprint density at radius 3 is 2.50 bits per heavy atom. The highest BCUT2D eigenvalue weighted by Crippen LogP contribution is 2.15. The van der Waals surface area contributed by atoms with E-state index in [1.165, 1.54) is 0 Å². The minimum absolute atomic E-state index is 0.123. The van der Waals surface area contributed by atoms with Gasteiger partial charge in [0.15, 0.2) is 0 Å². The molecule has 22 heavy (non-hydrogen) atoms. The Labute approximate surface area is 132 Å². The Balaban J connectivity index is 1.58. The van der Waals surface area contributed by atoms with Gasteiger partial charge < -0.3 is 25.0 Å². The summed E-state index contributed by atoms with van der Waals surface area (Å²) in [5.41, 5.74) is 1.07. The third-order valence-corrected chi connectivity index (χ3v) is 4.22. The summed E-state index contributed by atoms with van der Waals surface area (Å²) in [5, 5.41) is 21.6. The summed E-state index contributed by atoms with van der Waals surface area (Å²) >= 11 is 0. The number of rotatable bonds is 8. The molecule has 4 N–H and O–H groups in total. The molecule has 1 aromatic carbocycles. The van der Waals surface area contributed by atoms with Gasteiger partial charge >= 0.3 is 0 Å². The second-order valence-corrected chi connectivity index (χ2v) is 6.06. The van der Waals surface area contributed by atoms with Crippen molar-refractivity contribution in [2.24, 2.45) is 0 Å². The number of ether oxygens (including phenoxy) is 2. The van der Waals surface area contributed by atoms with Crippen molar-refractivity contribution in [1.82, 2.24) is 0 Å². The van der Waals surface area contributed by atoms with Gasteiger partial charge in [-0.15, -0.1) is 0 Å². The summed E-state index contributed by atoms with van der Waals surface area (Å²) < 4.78 is 10.7. The van der Waals surface area contributed by atoms with Crippen LogP contribution in [0.4, 0.5) is 0 Å². The van der Waals surface area contributed by atoms with Crippen LogP contribution in [0.3, 0.4) is 0 Å². The molecular formula is C17H28NO4+. The largest absolute Gasteiger partial charge is 0.497 e. The second-order valence-electron chi connectivity index (χ2n) is 6.06. The van der Waals surface area contributed by atoms with Gasteiger partial charge in [-0.05, 0) is 30.5 Å². The lowest BCUT2D eigenvalue weighted by Gasteiger charge is -2.24. The topological polar surface area (TPSA) is 75.5 Å². The molecule has 1 fully saturated rings. The molecule has 0 radical (unpaired) electrons. The van der Waals surface area contributed by atoms with Crippen molar-refractivity contribution in [2.75, 3.05) is 20.3 Å². The highest BCUT2D eigenvalue weighted by molar-refractivity contribution is 5.26. The smallest absolute Gasteiger partial charge is 0.126 e. The van der Waals surface area contributed by atoms with Crippen LogP contribution in [0.1, 0.15) is 31.2 Å². The van der Waals surface area contributed by atoms with Gasteiger partial charge in [-0.3, -0.25) is 0 Å². The van der Waals surface area contributed by atoms with Crippen molar-refractivity contribution in [2.45, 2.75) is 50.5 Å². The highest BCUT2D eigenvalue weighted by Gasteiger charge is 2.22. The lowest BCUT2D eigenvalue weighted by Crippen LogP contribution is -2.92. The molecule has 0 unspecified atom stereocenters. The van der Waals surface area contributed by atoms with Gasteiger partial charge in [-0.1, -0.05) is 12.1 Å². The number of benzene rings is 1. The van der Waals surface area contributed by atoms with Crippen molar-refractivity contribution < 1.29 is 25.0 Å². The molecule has 0 aromatic heterocycles. The lowest BCUT2D eigenvalue weighted by molar-refractivity contribution is -0.697. The van der Waals surface area contributed by atoms with Gasteiger partial charge in [0.25, 0.3) is 0 Å². The molecule has 0 amide bonds. The SMILES string of the molecule is COc1ccc(COC[C@@H](O)C[NH2+]C2CCC(O)CC2)cc1. The van der Waals surface area contributed by atoms with Crippen LogP contribution in [-0.4, -0.2) is 48.7 Å². The van der Waals surface area contributed by atoms with E-state index in [-0.39, 0.29) is 6.10 Å². The normalized spacial score (nSPS) is 23.2. The number of methoxy groups -OCH3 is 1. The maximum Gasteiger partial charge on any atom is 0.126 e. The standard InChI is InChI=1S/C17H27NO4/c1-21-17-8-2-13(3-9-17)11-22-12-16(20)10-18-14-4-6-15(19)7-5-14/h2-3,8-9,14-16,18-20H,4-7,10-12H2,1H3/p+1/t14?,15?,16-/m0/s1. The summed E-state index contributed by atoms with van der Waals surface area (Å²) in [6, 6.07) is 8.26. The number of aliphatic hydroxyl groups excluding tert-OH is 2. The van der Waals surface area contributed by atoms with Crippen molar-refractivity contribution in [3.05, 3.63) is 29.8 Å². The fourth-order valence-electron chi connectivity index (χ4n) is 2.79. The maximum absolute atomic E-state index is 9.97. The number of nitrogens with two attached hydrogens (primary N) is 1. The summed E-state index contributed by atoms with van der Waals surface area (Å²) in [6.07, 6.45) is 3.24. The summed E-state index contributed by atoms with van der Waals surface area (Å²) in [5.74, 6) is 0.830. The first-order valence-corrected chi connectivity index (χ1v) is 8.07. The average molecular weight is 310 g/mol. The van der Waals surface area contributed by atoms with Crippen molar-refractivity contribution in [3.8, 4) is 5.75 Å². The third kappa shape index (κ3) is 5.93. The van der Waals surface area contributed by atoms with Gasteiger partial charge in [-0.2, -0.15) is 0 Å². The molecule has 1 aromatic rings. The van der Waals surface area contributed by atoms with Crippen molar-refractivity contribution >= 4 is 0 Å². The van der Waals surface area contributed by atoms with Gasteiger partial charge in [0.1, 0.15) is 18.4 Å². The van der Waals surface area contributed by atoms with Gasteiger partial charge in [-0.25, -0.2) is 0 Å². The molecule has 1 aliphatic rings. The molecule has 0 aliphatic heterocycles. The predicted molar refractivity (Wildman–Crippen MR) is 83.7 cm³/mol. The fraction of sp³-hybridized carbons (Fsp3) is 0.647. The molecule has 1 aliphatic carbocycles. The molecule has 1 saturated carbocycles. The predicted octanol–water partition coefficient (Wildman–Crippen LogP) is 0.440. The molecular weight excluding hydrogens is 282 g/mol. The Bertz CT molecular complexity index is 415. The van der Waals surface area contributed by atoms with Crippen molar-refractivity contribution in [1.29, 1.82) is 0 Å². The average Bonchev–Trinajstić information content (AvgIpc) is 2.55. The molecule has 2 rings (SSSR count). The molecule has 0 heterocycles. The van der Waals surface area contributed by atoms with Gasteiger partial charge in [0.2, 0.25) is 0 Å². The lowest BCUT2D eigenvalue weighted by atomic mass is 9.93. The van der Waals surface area contributed by atoms with E-state index in [1.807, 2.05) is 24.3 Å². The van der Waals surface area contributed by atoms with E-state index in [4.69, 9.17) is 9.47 Å². The number of aliphatic hydroxyl groups is 2. The molecule has 0 bridgehead atoms. The fourth-order valence-corrected chi connectivity index (χ4v) is 2.79.